The van der Waals surface area contributed by atoms with Gasteiger partial charge in [0.2, 0.25) is 5.78 Å². The number of benzene rings is 2. The van der Waals surface area contributed by atoms with Gasteiger partial charge in [-0.25, -0.2) is 0 Å². The molecule has 2 aromatic carbocycles. The minimum atomic E-state index is -0.731. The molecule has 37 heavy (non-hydrogen) atoms. The molecule has 194 valence electrons. The quantitative estimate of drug-likeness (QED) is 0.285. The summed E-state index contributed by atoms with van der Waals surface area (Å²) in [6, 6.07) is 17.4. The topological polar surface area (TPSA) is 92.4 Å². The number of aliphatic hydroxyl groups excluding tert-OH is 1. The third-order valence-electron chi connectivity index (χ3n) is 6.20. The van der Waals surface area contributed by atoms with E-state index in [4.69, 9.17) is 13.9 Å². The molecule has 0 spiro atoms. The predicted molar refractivity (Wildman–Crippen MR) is 139 cm³/mol. The molecule has 0 saturated heterocycles. The summed E-state index contributed by atoms with van der Waals surface area (Å²) in [5, 5.41) is 10.7. The Morgan fingerprint density at radius 2 is 1.76 bits per heavy atom. The molecule has 1 N–H and O–H groups in total. The lowest BCUT2D eigenvalue weighted by Crippen LogP contribution is -2.33. The summed E-state index contributed by atoms with van der Waals surface area (Å²) in [6.07, 6.45) is 2.08. The molecule has 4 rings (SSSR count). The van der Waals surface area contributed by atoms with Crippen molar-refractivity contribution in [3.8, 4) is 11.5 Å². The van der Waals surface area contributed by atoms with E-state index in [1.165, 1.54) is 12.3 Å². The number of aliphatic hydroxyl groups is 1. The molecule has 0 fully saturated rings. The Bertz CT molecular complexity index is 1250. The summed E-state index contributed by atoms with van der Waals surface area (Å²) in [5.41, 5.74) is 1.77. The number of rotatable bonds is 12. The average Bonchev–Trinajstić information content (AvgIpc) is 3.51. The van der Waals surface area contributed by atoms with E-state index >= 15 is 0 Å². The van der Waals surface area contributed by atoms with Gasteiger partial charge in [-0.2, -0.15) is 0 Å². The zero-order chi connectivity index (χ0) is 26.4. The smallest absolute Gasteiger partial charge is 0.290 e. The summed E-state index contributed by atoms with van der Waals surface area (Å²) in [7, 11) is 3.91. The van der Waals surface area contributed by atoms with E-state index < -0.39 is 23.5 Å². The van der Waals surface area contributed by atoms with E-state index in [0.717, 1.165) is 17.9 Å². The molecule has 1 amide bonds. The maximum absolute atomic E-state index is 13.2. The molecule has 8 heteroatoms. The van der Waals surface area contributed by atoms with Crippen LogP contribution in [0.1, 0.15) is 34.1 Å². The predicted octanol–water partition coefficient (Wildman–Crippen LogP) is 4.58. The first kappa shape index (κ1) is 26.0. The Kier molecular flexibility index (Phi) is 8.30. The van der Waals surface area contributed by atoms with Gasteiger partial charge in [-0.15, -0.1) is 0 Å². The van der Waals surface area contributed by atoms with Gasteiger partial charge in [-0.1, -0.05) is 30.3 Å². The standard InChI is InChI=1S/C29H32N2O6/c1-20-8-4-5-9-23(20)37-19-18-35-22-13-11-21(12-14-22)26-25(27(32)24-10-6-17-36-24)28(33)29(34)31(26)16-7-15-30(2)3/h4-6,8-14,17,26,33H,7,15-16,18-19H2,1-3H3/t26-/m1/s1. The summed E-state index contributed by atoms with van der Waals surface area (Å²) in [5.74, 6) is -0.0835. The van der Waals surface area contributed by atoms with Gasteiger partial charge in [0.25, 0.3) is 5.91 Å². The number of nitrogens with zero attached hydrogens (tertiary/aromatic N) is 2. The Labute approximate surface area is 216 Å². The second-order valence-corrected chi connectivity index (χ2v) is 9.16. The second kappa shape index (κ2) is 11.8. The van der Waals surface area contributed by atoms with Gasteiger partial charge in [0.05, 0.1) is 17.9 Å². The maximum Gasteiger partial charge on any atom is 0.290 e. The maximum atomic E-state index is 13.2. The normalized spacial score (nSPS) is 15.5. The number of furan rings is 1. The summed E-state index contributed by atoms with van der Waals surface area (Å²) in [6.45, 7) is 3.88. The van der Waals surface area contributed by atoms with E-state index in [9.17, 15) is 14.7 Å². The van der Waals surface area contributed by atoms with E-state index in [0.29, 0.717) is 37.5 Å². The minimum Gasteiger partial charge on any atom is -0.503 e. The van der Waals surface area contributed by atoms with E-state index in [1.54, 1.807) is 23.1 Å². The second-order valence-electron chi connectivity index (χ2n) is 9.16. The molecule has 1 aliphatic rings. The Morgan fingerprint density at radius 1 is 1.03 bits per heavy atom. The molecule has 3 aromatic rings. The van der Waals surface area contributed by atoms with Gasteiger partial charge < -0.3 is 28.8 Å². The number of hydrogen-bond acceptors (Lipinski definition) is 7. The number of carbonyl (C=O) groups excluding carboxylic acids is 2. The molecule has 0 bridgehead atoms. The lowest BCUT2D eigenvalue weighted by Gasteiger charge is -2.27. The van der Waals surface area contributed by atoms with Gasteiger partial charge in [0.15, 0.2) is 11.5 Å². The number of hydrogen-bond donors (Lipinski definition) is 1. The largest absolute Gasteiger partial charge is 0.503 e. The van der Waals surface area contributed by atoms with Crippen LogP contribution in [-0.2, 0) is 4.79 Å². The third-order valence-corrected chi connectivity index (χ3v) is 6.20. The number of ketones is 1. The number of carbonyl (C=O) groups is 2. The summed E-state index contributed by atoms with van der Waals surface area (Å²) in [4.78, 5) is 29.8. The van der Waals surface area contributed by atoms with Crippen molar-refractivity contribution in [2.45, 2.75) is 19.4 Å². The number of Topliss-reactive ketones (excluding diaryl/α,β-unsaturated/α-hetero) is 1. The first-order valence-corrected chi connectivity index (χ1v) is 12.2. The fraction of sp³-hybridized carbons (Fsp3) is 0.310. The molecule has 0 saturated carbocycles. The first-order valence-electron chi connectivity index (χ1n) is 12.2. The molecule has 0 radical (unpaired) electrons. The van der Waals surface area contributed by atoms with Gasteiger partial charge in [-0.05, 0) is 75.4 Å². The molecule has 1 aromatic heterocycles. The highest BCUT2D eigenvalue weighted by atomic mass is 16.5. The highest BCUT2D eigenvalue weighted by molar-refractivity contribution is 6.15. The zero-order valence-electron chi connectivity index (χ0n) is 21.3. The van der Waals surface area contributed by atoms with Crippen molar-refractivity contribution in [3.05, 3.63) is 95.1 Å². The van der Waals surface area contributed by atoms with Crippen molar-refractivity contribution in [1.29, 1.82) is 0 Å². The summed E-state index contributed by atoms with van der Waals surface area (Å²) < 4.78 is 16.9. The highest BCUT2D eigenvalue weighted by Gasteiger charge is 2.44. The van der Waals surface area contributed by atoms with Gasteiger partial charge >= 0.3 is 0 Å². The van der Waals surface area contributed by atoms with E-state index in [-0.39, 0.29) is 11.3 Å². The molecular formula is C29H32N2O6. The SMILES string of the molecule is Cc1ccccc1OCCOc1ccc([C@@H]2C(C(=O)c3ccco3)=C(O)C(=O)N2CCCN(C)C)cc1. The number of ether oxygens (including phenoxy) is 2. The molecule has 1 aliphatic heterocycles. The van der Waals surface area contributed by atoms with Crippen molar-refractivity contribution in [1.82, 2.24) is 9.80 Å². The van der Waals surface area contributed by atoms with Crippen molar-refractivity contribution in [2.75, 3.05) is 40.4 Å². The Balaban J connectivity index is 1.49. The molecular weight excluding hydrogens is 472 g/mol. The zero-order valence-corrected chi connectivity index (χ0v) is 21.3. The van der Waals surface area contributed by atoms with Crippen LogP contribution in [0.5, 0.6) is 11.5 Å². The van der Waals surface area contributed by atoms with Crippen molar-refractivity contribution < 1.29 is 28.6 Å². The lowest BCUT2D eigenvalue weighted by atomic mass is 9.95. The average molecular weight is 505 g/mol. The van der Waals surface area contributed by atoms with Crippen LogP contribution in [0.3, 0.4) is 0 Å². The lowest BCUT2D eigenvalue weighted by molar-refractivity contribution is -0.129. The van der Waals surface area contributed by atoms with E-state index in [1.807, 2.05) is 62.3 Å². The van der Waals surface area contributed by atoms with Crippen LogP contribution in [0.2, 0.25) is 0 Å². The first-order chi connectivity index (χ1) is 17.9. The minimum absolute atomic E-state index is 0.0186. The van der Waals surface area contributed by atoms with Gasteiger partial charge in [-0.3, -0.25) is 9.59 Å². The van der Waals surface area contributed by atoms with Crippen molar-refractivity contribution in [2.24, 2.45) is 0 Å². The van der Waals surface area contributed by atoms with Crippen LogP contribution in [0.15, 0.2) is 82.7 Å². The number of amides is 1. The van der Waals surface area contributed by atoms with Crippen LogP contribution >= 0.6 is 0 Å². The van der Waals surface area contributed by atoms with Crippen LogP contribution in [-0.4, -0.2) is 67.0 Å². The van der Waals surface area contributed by atoms with E-state index in [2.05, 4.69) is 0 Å². The highest BCUT2D eigenvalue weighted by Crippen LogP contribution is 2.39. The molecule has 0 aliphatic carbocycles. The Hall–Kier alpha value is -4.04. The van der Waals surface area contributed by atoms with Crippen molar-refractivity contribution >= 4 is 11.7 Å². The van der Waals surface area contributed by atoms with Crippen LogP contribution < -0.4 is 9.47 Å². The van der Waals surface area contributed by atoms with Crippen LogP contribution in [0.4, 0.5) is 0 Å². The number of aryl methyl sites for hydroxylation is 1. The van der Waals surface area contributed by atoms with Gasteiger partial charge in [0, 0.05) is 6.54 Å². The molecule has 2 heterocycles. The van der Waals surface area contributed by atoms with Gasteiger partial charge in [0.1, 0.15) is 24.7 Å². The molecule has 1 atom stereocenters. The molecule has 0 unspecified atom stereocenters. The molecule has 8 nitrogen and oxygen atoms in total. The Morgan fingerprint density at radius 3 is 2.43 bits per heavy atom. The number of para-hydroxylation sites is 1. The third kappa shape index (κ3) is 6.03. The van der Waals surface area contributed by atoms with Crippen LogP contribution in [0, 0.1) is 6.92 Å². The fourth-order valence-electron chi connectivity index (χ4n) is 4.34. The van der Waals surface area contributed by atoms with Crippen LogP contribution in [0.25, 0.3) is 0 Å². The van der Waals surface area contributed by atoms with Crippen molar-refractivity contribution in [3.63, 3.8) is 0 Å². The fourth-order valence-corrected chi connectivity index (χ4v) is 4.34. The monoisotopic (exact) mass is 504 g/mol. The summed E-state index contributed by atoms with van der Waals surface area (Å²) >= 11 is 0.